The van der Waals surface area contributed by atoms with Gasteiger partial charge in [0, 0.05) is 24.2 Å². The van der Waals surface area contributed by atoms with Gasteiger partial charge in [-0.2, -0.15) is 8.42 Å². The third-order valence-corrected chi connectivity index (χ3v) is 5.67. The summed E-state index contributed by atoms with van der Waals surface area (Å²) >= 11 is 0. The van der Waals surface area contributed by atoms with Crippen molar-refractivity contribution in [2.24, 2.45) is 0 Å². The van der Waals surface area contributed by atoms with Crippen LogP contribution in [0, 0.1) is 6.92 Å². The zero-order chi connectivity index (χ0) is 24.1. The first kappa shape index (κ1) is 23.7. The predicted molar refractivity (Wildman–Crippen MR) is 137 cm³/mol. The number of para-hydroxylation sites is 1. The van der Waals surface area contributed by atoms with Gasteiger partial charge in [-0.25, -0.2) is 0 Å². The van der Waals surface area contributed by atoms with Gasteiger partial charge in [0.05, 0.1) is 17.5 Å². The van der Waals surface area contributed by atoms with E-state index < -0.39 is 10.1 Å². The minimum absolute atomic E-state index is 0.715. The Morgan fingerprint density at radius 2 is 1.62 bits per heavy atom. The lowest BCUT2D eigenvalue weighted by atomic mass is 10.1. The van der Waals surface area contributed by atoms with Crippen LogP contribution in [0.2, 0.25) is 0 Å². The molecular formula is C27H28N2O4S. The van der Waals surface area contributed by atoms with Gasteiger partial charge in [0.2, 0.25) is 0 Å². The van der Waals surface area contributed by atoms with E-state index in [1.807, 2.05) is 36.4 Å². The van der Waals surface area contributed by atoms with Crippen LogP contribution in [0.15, 0.2) is 78.9 Å². The van der Waals surface area contributed by atoms with Crippen molar-refractivity contribution in [2.75, 3.05) is 24.2 Å². The molecule has 6 nitrogen and oxygen atoms in total. The van der Waals surface area contributed by atoms with Crippen LogP contribution in [0.1, 0.15) is 16.8 Å². The third kappa shape index (κ3) is 6.12. The topological polar surface area (TPSA) is 79.7 Å². The Balaban J connectivity index is 0.000000499. The molecule has 0 unspecified atom stereocenters. The van der Waals surface area contributed by atoms with E-state index in [1.54, 1.807) is 0 Å². The van der Waals surface area contributed by atoms with Gasteiger partial charge in [-0.1, -0.05) is 48.5 Å². The van der Waals surface area contributed by atoms with Gasteiger partial charge >= 0.3 is 0 Å². The highest BCUT2D eigenvalue weighted by Gasteiger charge is 2.24. The first-order valence-corrected chi connectivity index (χ1v) is 13.0. The number of nitrogens with zero attached hydrogens (tertiary/aromatic N) is 2. The maximum atomic E-state index is 9.19. The Morgan fingerprint density at radius 3 is 2.29 bits per heavy atom. The van der Waals surface area contributed by atoms with Gasteiger partial charge < -0.3 is 9.64 Å². The van der Waals surface area contributed by atoms with Crippen molar-refractivity contribution >= 4 is 26.7 Å². The summed E-state index contributed by atoms with van der Waals surface area (Å²) in [4.78, 5) is 7.39. The molecule has 1 N–H and O–H groups in total. The summed E-state index contributed by atoms with van der Waals surface area (Å²) < 4.78 is 32.0. The normalized spacial score (nSPS) is 12.7. The minimum Gasteiger partial charge on any atom is -0.457 e. The molecule has 34 heavy (non-hydrogen) atoms. The largest absolute Gasteiger partial charge is 0.457 e. The molecular weight excluding hydrogens is 448 g/mol. The molecule has 0 atom stereocenters. The summed E-state index contributed by atoms with van der Waals surface area (Å²) in [6.07, 6.45) is 2.82. The van der Waals surface area contributed by atoms with Gasteiger partial charge in [0.15, 0.2) is 0 Å². The molecule has 5 rings (SSSR count). The summed E-state index contributed by atoms with van der Waals surface area (Å²) in [5.41, 5.74) is 6.27. The summed E-state index contributed by atoms with van der Waals surface area (Å²) in [5.74, 6) is 1.70. The van der Waals surface area contributed by atoms with Crippen LogP contribution < -0.4 is 9.64 Å². The molecule has 0 spiro atoms. The SMILES string of the molecule is CS(=O)(=O)O.Cc1nc2ccc(Oc3ccccc3)cc2c2c1CCN2CCc1ccccc1. The second-order valence-corrected chi connectivity index (χ2v) is 9.79. The van der Waals surface area contributed by atoms with E-state index in [4.69, 9.17) is 14.3 Å². The van der Waals surface area contributed by atoms with E-state index in [-0.39, 0.29) is 0 Å². The Labute approximate surface area is 200 Å². The van der Waals surface area contributed by atoms with E-state index in [2.05, 4.69) is 54.3 Å². The van der Waals surface area contributed by atoms with E-state index in [9.17, 15) is 8.42 Å². The number of pyridine rings is 1. The lowest BCUT2D eigenvalue weighted by Gasteiger charge is -2.22. The van der Waals surface area contributed by atoms with E-state index in [0.29, 0.717) is 6.26 Å². The van der Waals surface area contributed by atoms with Crippen LogP contribution in [0.25, 0.3) is 10.9 Å². The summed E-state index contributed by atoms with van der Waals surface area (Å²) in [6.45, 7) is 4.19. The molecule has 0 aliphatic carbocycles. The summed E-state index contributed by atoms with van der Waals surface area (Å²) in [5, 5.41) is 1.18. The van der Waals surface area contributed by atoms with Gasteiger partial charge in [0.1, 0.15) is 11.5 Å². The smallest absolute Gasteiger partial charge is 0.261 e. The van der Waals surface area contributed by atoms with E-state index in [0.717, 1.165) is 48.6 Å². The highest BCUT2D eigenvalue weighted by molar-refractivity contribution is 7.85. The quantitative estimate of drug-likeness (QED) is 0.386. The first-order chi connectivity index (χ1) is 16.3. The van der Waals surface area contributed by atoms with Crippen LogP contribution in [0.5, 0.6) is 11.5 Å². The lowest BCUT2D eigenvalue weighted by Crippen LogP contribution is -2.23. The molecule has 2 heterocycles. The van der Waals surface area contributed by atoms with Crippen LogP contribution in [0.3, 0.4) is 0 Å². The molecule has 176 valence electrons. The maximum absolute atomic E-state index is 9.19. The molecule has 0 saturated heterocycles. The molecule has 0 amide bonds. The molecule has 1 aliphatic heterocycles. The average Bonchev–Trinajstić information content (AvgIpc) is 3.24. The van der Waals surface area contributed by atoms with Crippen molar-refractivity contribution in [3.8, 4) is 11.5 Å². The summed E-state index contributed by atoms with van der Waals surface area (Å²) in [6, 6.07) is 26.9. The van der Waals surface area contributed by atoms with Crippen LogP contribution >= 0.6 is 0 Å². The monoisotopic (exact) mass is 476 g/mol. The number of rotatable bonds is 5. The lowest BCUT2D eigenvalue weighted by molar-refractivity contribution is 0.483. The van der Waals surface area contributed by atoms with Gasteiger partial charge in [0.25, 0.3) is 10.1 Å². The number of benzene rings is 3. The second kappa shape index (κ2) is 10.2. The molecule has 0 bridgehead atoms. The Bertz CT molecular complexity index is 1370. The van der Waals surface area contributed by atoms with Gasteiger partial charge in [-0.3, -0.25) is 9.54 Å². The van der Waals surface area contributed by atoms with Crippen LogP contribution in [-0.4, -0.2) is 37.3 Å². The van der Waals surface area contributed by atoms with Crippen molar-refractivity contribution in [1.82, 2.24) is 4.98 Å². The van der Waals surface area contributed by atoms with Crippen molar-refractivity contribution in [1.29, 1.82) is 0 Å². The van der Waals surface area contributed by atoms with Crippen LogP contribution in [0.4, 0.5) is 5.69 Å². The minimum atomic E-state index is -3.67. The van der Waals surface area contributed by atoms with Crippen molar-refractivity contribution < 1.29 is 17.7 Å². The molecule has 0 fully saturated rings. The van der Waals surface area contributed by atoms with Gasteiger partial charge in [-0.05, 0) is 61.2 Å². The number of aromatic nitrogens is 1. The van der Waals surface area contributed by atoms with Crippen LogP contribution in [-0.2, 0) is 23.0 Å². The molecule has 1 aromatic heterocycles. The standard InChI is InChI=1S/C26H24N2O.CH4O3S/c1-19-23-15-17-28(16-14-20-8-4-2-5-9-20)26(23)24-18-22(12-13-25(24)27-19)29-21-10-6-3-7-11-21;1-5(2,3)4/h2-13,18H,14-17H2,1H3;1H3,(H,2,3,4). The fraction of sp³-hybridized carbons (Fsp3) is 0.222. The fourth-order valence-corrected chi connectivity index (χ4v) is 4.22. The zero-order valence-electron chi connectivity index (χ0n) is 19.3. The highest BCUT2D eigenvalue weighted by atomic mass is 32.2. The van der Waals surface area contributed by atoms with Crippen molar-refractivity contribution in [2.45, 2.75) is 19.8 Å². The second-order valence-electron chi connectivity index (χ2n) is 8.32. The average molecular weight is 477 g/mol. The number of fused-ring (bicyclic) bond motifs is 3. The number of anilines is 1. The maximum Gasteiger partial charge on any atom is 0.261 e. The molecule has 3 aromatic carbocycles. The summed E-state index contributed by atoms with van der Waals surface area (Å²) in [7, 11) is -3.67. The van der Waals surface area contributed by atoms with E-state index >= 15 is 0 Å². The first-order valence-electron chi connectivity index (χ1n) is 11.2. The third-order valence-electron chi connectivity index (χ3n) is 5.67. The Kier molecular flexibility index (Phi) is 7.14. The zero-order valence-corrected chi connectivity index (χ0v) is 20.1. The van der Waals surface area contributed by atoms with E-state index in [1.165, 1.54) is 22.2 Å². The van der Waals surface area contributed by atoms with Crippen molar-refractivity contribution in [3.05, 3.63) is 95.7 Å². The Morgan fingerprint density at radius 1 is 0.971 bits per heavy atom. The molecule has 4 aromatic rings. The predicted octanol–water partition coefficient (Wildman–Crippen LogP) is 5.44. The number of aryl methyl sites for hydroxylation is 1. The highest BCUT2D eigenvalue weighted by Crippen LogP contribution is 2.38. The molecule has 0 saturated carbocycles. The number of hydrogen-bond donors (Lipinski definition) is 1. The Hall–Kier alpha value is -3.42. The van der Waals surface area contributed by atoms with Crippen molar-refractivity contribution in [3.63, 3.8) is 0 Å². The molecule has 0 radical (unpaired) electrons. The number of ether oxygens (including phenoxy) is 1. The molecule has 1 aliphatic rings. The molecule has 7 heteroatoms. The number of hydrogen-bond acceptors (Lipinski definition) is 5. The fourth-order valence-electron chi connectivity index (χ4n) is 4.22. The van der Waals surface area contributed by atoms with Gasteiger partial charge in [-0.15, -0.1) is 0 Å².